The highest BCUT2D eigenvalue weighted by Crippen LogP contribution is 2.00. The summed E-state index contributed by atoms with van der Waals surface area (Å²) in [6.07, 6.45) is 0. The molecule has 10 heavy (non-hydrogen) atoms. The van der Waals surface area contributed by atoms with Crippen LogP contribution in [0.15, 0.2) is 0 Å². The maximum absolute atomic E-state index is 10.8. The quantitative estimate of drug-likeness (QED) is 0.324. The maximum Gasteiger partial charge on any atom is 0.324 e. The molecule has 0 aromatic heterocycles. The number of hydrogen-bond acceptors (Lipinski definition) is 4. The van der Waals surface area contributed by atoms with Gasteiger partial charge in [0.1, 0.15) is 6.04 Å². The van der Waals surface area contributed by atoms with Crippen LogP contribution in [0.5, 0.6) is 0 Å². The molecule has 1 unspecified atom stereocenters. The number of hydrogen-bond donors (Lipinski definition) is 2. The van der Waals surface area contributed by atoms with Gasteiger partial charge in [0.25, 0.3) is 0 Å². The number of hydrazine groups is 1. The molecule has 0 aliphatic heterocycles. The second kappa shape index (κ2) is 4.24. The average Bonchev–Trinajstić information content (AvgIpc) is 1.88. The van der Waals surface area contributed by atoms with Crippen LogP contribution in [-0.4, -0.2) is 19.1 Å². The van der Waals surface area contributed by atoms with Crippen molar-refractivity contribution in [2.75, 3.05) is 7.11 Å². The van der Waals surface area contributed by atoms with Gasteiger partial charge < -0.3 is 4.74 Å². The Morgan fingerprint density at radius 1 is 1.60 bits per heavy atom. The van der Waals surface area contributed by atoms with E-state index in [1.54, 1.807) is 0 Å². The van der Waals surface area contributed by atoms with E-state index < -0.39 is 6.04 Å². The van der Waals surface area contributed by atoms with Crippen LogP contribution in [0.2, 0.25) is 0 Å². The lowest BCUT2D eigenvalue weighted by Gasteiger charge is -2.16. The van der Waals surface area contributed by atoms with Gasteiger partial charge in [0.15, 0.2) is 0 Å². The zero-order valence-corrected chi connectivity index (χ0v) is 6.55. The van der Waals surface area contributed by atoms with Crippen molar-refractivity contribution < 1.29 is 9.53 Å². The van der Waals surface area contributed by atoms with Gasteiger partial charge in [0.2, 0.25) is 0 Å². The van der Waals surface area contributed by atoms with Crippen LogP contribution in [0, 0.1) is 5.92 Å². The number of esters is 1. The van der Waals surface area contributed by atoms with Gasteiger partial charge in [-0.1, -0.05) is 13.8 Å². The number of rotatable bonds is 3. The Kier molecular flexibility index (Phi) is 3.99. The van der Waals surface area contributed by atoms with Crippen LogP contribution in [0.25, 0.3) is 0 Å². The van der Waals surface area contributed by atoms with E-state index >= 15 is 0 Å². The highest BCUT2D eigenvalue weighted by atomic mass is 16.5. The van der Waals surface area contributed by atoms with Crippen LogP contribution in [0.4, 0.5) is 0 Å². The van der Waals surface area contributed by atoms with Gasteiger partial charge >= 0.3 is 5.97 Å². The Morgan fingerprint density at radius 2 is 2.10 bits per heavy atom. The summed E-state index contributed by atoms with van der Waals surface area (Å²) in [6.45, 7) is 3.78. The van der Waals surface area contributed by atoms with Crippen molar-refractivity contribution in [2.45, 2.75) is 19.9 Å². The first-order valence-electron chi connectivity index (χ1n) is 3.17. The lowest BCUT2D eigenvalue weighted by atomic mass is 10.1. The highest BCUT2D eigenvalue weighted by Gasteiger charge is 2.20. The fraction of sp³-hybridized carbons (Fsp3) is 0.833. The van der Waals surface area contributed by atoms with Crippen molar-refractivity contribution >= 4 is 5.97 Å². The van der Waals surface area contributed by atoms with Gasteiger partial charge in [-0.2, -0.15) is 0 Å². The van der Waals surface area contributed by atoms with Crippen LogP contribution < -0.4 is 11.3 Å². The van der Waals surface area contributed by atoms with E-state index in [-0.39, 0.29) is 11.9 Å². The van der Waals surface area contributed by atoms with E-state index in [1.165, 1.54) is 7.11 Å². The maximum atomic E-state index is 10.8. The molecule has 0 rings (SSSR count). The number of carbonyl (C=O) groups is 1. The summed E-state index contributed by atoms with van der Waals surface area (Å²) in [7, 11) is 1.34. The van der Waals surface area contributed by atoms with Gasteiger partial charge in [-0.3, -0.25) is 10.6 Å². The Labute approximate surface area is 60.7 Å². The number of methoxy groups -OCH3 is 1. The van der Waals surface area contributed by atoms with E-state index in [4.69, 9.17) is 5.84 Å². The second-order valence-electron chi connectivity index (χ2n) is 2.41. The molecule has 4 nitrogen and oxygen atoms in total. The molecule has 0 radical (unpaired) electrons. The first-order valence-corrected chi connectivity index (χ1v) is 3.17. The SMILES string of the molecule is COC(=O)C(NN)C(C)C. The van der Waals surface area contributed by atoms with Crippen molar-refractivity contribution in [2.24, 2.45) is 11.8 Å². The molecule has 3 N–H and O–H groups in total. The number of nitrogens with two attached hydrogens (primary N) is 1. The molecule has 60 valence electrons. The van der Waals surface area contributed by atoms with Gasteiger partial charge in [0, 0.05) is 0 Å². The van der Waals surface area contributed by atoms with E-state index in [2.05, 4.69) is 10.2 Å². The van der Waals surface area contributed by atoms with Crippen LogP contribution in [0.1, 0.15) is 13.8 Å². The second-order valence-corrected chi connectivity index (χ2v) is 2.41. The van der Waals surface area contributed by atoms with Gasteiger partial charge in [-0.15, -0.1) is 0 Å². The van der Waals surface area contributed by atoms with Crippen molar-refractivity contribution in [1.29, 1.82) is 0 Å². The molecule has 0 aromatic rings. The largest absolute Gasteiger partial charge is 0.468 e. The molecule has 1 atom stereocenters. The molecule has 0 aliphatic rings. The third-order valence-corrected chi connectivity index (χ3v) is 1.30. The Hall–Kier alpha value is -0.610. The van der Waals surface area contributed by atoms with Gasteiger partial charge in [-0.05, 0) is 5.92 Å². The molecule has 0 aliphatic carbocycles. The zero-order chi connectivity index (χ0) is 8.15. The Morgan fingerprint density at radius 3 is 2.20 bits per heavy atom. The van der Waals surface area contributed by atoms with Crippen molar-refractivity contribution in [1.82, 2.24) is 5.43 Å². The van der Waals surface area contributed by atoms with Crippen molar-refractivity contribution in [3.63, 3.8) is 0 Å². The predicted molar refractivity (Wildman–Crippen MR) is 38.0 cm³/mol. The molecule has 0 saturated heterocycles. The first kappa shape index (κ1) is 9.39. The summed E-state index contributed by atoms with van der Waals surface area (Å²) < 4.78 is 4.48. The van der Waals surface area contributed by atoms with Crippen LogP contribution >= 0.6 is 0 Å². The fourth-order valence-electron chi connectivity index (χ4n) is 0.660. The lowest BCUT2D eigenvalue weighted by molar-refractivity contribution is -0.144. The summed E-state index contributed by atoms with van der Waals surface area (Å²) in [4.78, 5) is 10.8. The van der Waals surface area contributed by atoms with E-state index in [0.717, 1.165) is 0 Å². The van der Waals surface area contributed by atoms with Crippen LogP contribution in [-0.2, 0) is 9.53 Å². The zero-order valence-electron chi connectivity index (χ0n) is 6.55. The Bertz CT molecular complexity index is 114. The highest BCUT2D eigenvalue weighted by molar-refractivity contribution is 5.75. The number of nitrogens with one attached hydrogen (secondary N) is 1. The van der Waals surface area contributed by atoms with Crippen LogP contribution in [0.3, 0.4) is 0 Å². The molecule has 0 saturated carbocycles. The van der Waals surface area contributed by atoms with Crippen molar-refractivity contribution in [3.05, 3.63) is 0 Å². The fourth-order valence-corrected chi connectivity index (χ4v) is 0.660. The number of carbonyl (C=O) groups excluding carboxylic acids is 1. The molecule has 0 spiro atoms. The van der Waals surface area contributed by atoms with E-state index in [9.17, 15) is 4.79 Å². The molecular formula is C6H14N2O2. The topological polar surface area (TPSA) is 64.3 Å². The minimum absolute atomic E-state index is 0.150. The monoisotopic (exact) mass is 146 g/mol. The summed E-state index contributed by atoms with van der Waals surface area (Å²) in [5.41, 5.74) is 2.38. The third kappa shape index (κ3) is 2.33. The molecule has 0 heterocycles. The summed E-state index contributed by atoms with van der Waals surface area (Å²) in [6, 6.07) is -0.398. The minimum Gasteiger partial charge on any atom is -0.468 e. The Balaban J connectivity index is 3.93. The van der Waals surface area contributed by atoms with Gasteiger partial charge in [-0.25, -0.2) is 5.43 Å². The summed E-state index contributed by atoms with van der Waals surface area (Å²) in [5.74, 6) is 4.93. The molecule has 0 amide bonds. The smallest absolute Gasteiger partial charge is 0.324 e. The van der Waals surface area contributed by atoms with Crippen molar-refractivity contribution in [3.8, 4) is 0 Å². The average molecular weight is 146 g/mol. The molecule has 0 aromatic carbocycles. The molecule has 0 fully saturated rings. The summed E-state index contributed by atoms with van der Waals surface area (Å²) in [5, 5.41) is 0. The lowest BCUT2D eigenvalue weighted by Crippen LogP contribution is -2.45. The van der Waals surface area contributed by atoms with Gasteiger partial charge in [0.05, 0.1) is 7.11 Å². The molecule has 0 bridgehead atoms. The van der Waals surface area contributed by atoms with E-state index in [1.807, 2.05) is 13.8 Å². The summed E-state index contributed by atoms with van der Waals surface area (Å²) >= 11 is 0. The normalized spacial score (nSPS) is 13.3. The number of ether oxygens (including phenoxy) is 1. The molecule has 4 heteroatoms. The third-order valence-electron chi connectivity index (χ3n) is 1.30. The molecular weight excluding hydrogens is 132 g/mol. The minimum atomic E-state index is -0.398. The standard InChI is InChI=1S/C6H14N2O2/c1-4(2)5(8-7)6(9)10-3/h4-5,8H,7H2,1-3H3. The first-order chi connectivity index (χ1) is 4.63. The predicted octanol–water partition coefficient (Wildman–Crippen LogP) is -0.353. The van der Waals surface area contributed by atoms with E-state index in [0.29, 0.717) is 0 Å².